The van der Waals surface area contributed by atoms with Crippen LogP contribution in [-0.2, 0) is 6.54 Å². The van der Waals surface area contributed by atoms with Crippen LogP contribution >= 0.6 is 0 Å². The largest absolute Gasteiger partial charge is 0.419 e. The van der Waals surface area contributed by atoms with Gasteiger partial charge in [0.05, 0.1) is 17.0 Å². The lowest BCUT2D eigenvalue weighted by atomic mass is 10.1. The summed E-state index contributed by atoms with van der Waals surface area (Å²) >= 11 is 0. The number of carbonyl (C=O) groups excluding carboxylic acids is 1. The molecule has 0 spiro atoms. The molecule has 1 heterocycles. The van der Waals surface area contributed by atoms with Crippen LogP contribution in [0.25, 0.3) is 10.8 Å². The van der Waals surface area contributed by atoms with E-state index in [0.29, 0.717) is 23.6 Å². The highest BCUT2D eigenvalue weighted by molar-refractivity contribution is 6.01. The molecule has 0 aliphatic rings. The summed E-state index contributed by atoms with van der Waals surface area (Å²) in [6, 6.07) is 28.3. The number of rotatable bonds is 4. The first-order valence-corrected chi connectivity index (χ1v) is 8.92. The molecule has 0 amide bonds. The summed E-state index contributed by atoms with van der Waals surface area (Å²) in [5.74, 6) is -0.0272. The summed E-state index contributed by atoms with van der Waals surface area (Å²) in [4.78, 5) is 13.1. The number of nitrogens with zero attached hydrogens (tertiary/aromatic N) is 2. The van der Waals surface area contributed by atoms with Crippen molar-refractivity contribution < 1.29 is 14.1 Å². The van der Waals surface area contributed by atoms with Gasteiger partial charge in [-0.2, -0.15) is 9.83 Å². The third kappa shape index (κ3) is 3.60. The Kier molecular flexibility index (Phi) is 4.81. The Balaban J connectivity index is 1.75. The number of carbonyl (C=O) groups is 1. The second kappa shape index (κ2) is 7.73. The van der Waals surface area contributed by atoms with Gasteiger partial charge in [0.25, 0.3) is 5.69 Å². The van der Waals surface area contributed by atoms with Gasteiger partial charge in [-0.15, -0.1) is 0 Å². The van der Waals surface area contributed by atoms with E-state index in [4.69, 9.17) is 10.00 Å². The lowest BCUT2D eigenvalue weighted by Gasteiger charge is -2.08. The van der Waals surface area contributed by atoms with Crippen molar-refractivity contribution in [2.45, 2.75) is 6.54 Å². The van der Waals surface area contributed by atoms with Gasteiger partial charge in [-0.05, 0) is 35.7 Å². The minimum absolute atomic E-state index is 0.406. The average Bonchev–Trinajstić information content (AvgIpc) is 2.75. The first-order chi connectivity index (χ1) is 13.7. The monoisotopic (exact) mass is 365 g/mol. The zero-order valence-corrected chi connectivity index (χ0v) is 15.1. The molecule has 134 valence electrons. The number of hydrogen-bond acceptors (Lipinski definition) is 3. The van der Waals surface area contributed by atoms with Crippen molar-refractivity contribution in [2.24, 2.45) is 0 Å². The van der Waals surface area contributed by atoms with Crippen LogP contribution in [0.3, 0.4) is 0 Å². The highest BCUT2D eigenvalue weighted by Gasteiger charge is 2.25. The summed E-state index contributed by atoms with van der Waals surface area (Å²) < 4.78 is 7.52. The first-order valence-electron chi connectivity index (χ1n) is 8.92. The molecule has 0 aliphatic carbocycles. The molecule has 0 saturated heterocycles. The van der Waals surface area contributed by atoms with Gasteiger partial charge in [0, 0.05) is 11.6 Å². The van der Waals surface area contributed by atoms with Gasteiger partial charge in [0.15, 0.2) is 12.7 Å². The second-order valence-electron chi connectivity index (χ2n) is 6.39. The molecule has 3 aromatic carbocycles. The van der Waals surface area contributed by atoms with E-state index in [9.17, 15) is 4.79 Å². The van der Waals surface area contributed by atoms with Gasteiger partial charge in [-0.25, -0.2) is 4.79 Å². The fraction of sp³-hybridized carbons (Fsp3) is 0.0417. The van der Waals surface area contributed by atoms with E-state index < -0.39 is 5.97 Å². The smallest absolute Gasteiger partial charge is 0.409 e. The number of ether oxygens (including phenoxy) is 1. The normalized spacial score (nSPS) is 10.4. The van der Waals surface area contributed by atoms with Crippen LogP contribution in [0.1, 0.15) is 21.6 Å². The Morgan fingerprint density at radius 1 is 0.893 bits per heavy atom. The van der Waals surface area contributed by atoms with E-state index in [-0.39, 0.29) is 0 Å². The fourth-order valence-electron chi connectivity index (χ4n) is 3.15. The summed E-state index contributed by atoms with van der Waals surface area (Å²) in [5, 5.41) is 10.7. The molecule has 1 aromatic heterocycles. The average molecular weight is 365 g/mol. The van der Waals surface area contributed by atoms with Gasteiger partial charge in [0.1, 0.15) is 5.75 Å². The molecule has 0 unspecified atom stereocenters. The molecule has 0 fully saturated rings. The topological polar surface area (TPSA) is 54.0 Å². The first kappa shape index (κ1) is 17.4. The lowest BCUT2D eigenvalue weighted by Crippen LogP contribution is -2.42. The second-order valence-corrected chi connectivity index (χ2v) is 6.39. The highest BCUT2D eigenvalue weighted by atomic mass is 16.5. The maximum absolute atomic E-state index is 13.1. The molecule has 4 aromatic rings. The van der Waals surface area contributed by atoms with Crippen molar-refractivity contribution in [1.82, 2.24) is 0 Å². The van der Waals surface area contributed by atoms with E-state index in [2.05, 4.69) is 6.07 Å². The van der Waals surface area contributed by atoms with Gasteiger partial charge >= 0.3 is 5.97 Å². The molecule has 4 rings (SSSR count). The molecule has 0 atom stereocenters. The maximum Gasteiger partial charge on any atom is 0.409 e. The predicted molar refractivity (Wildman–Crippen MR) is 106 cm³/mol. The van der Waals surface area contributed by atoms with Crippen LogP contribution in [-0.4, -0.2) is 5.97 Å². The van der Waals surface area contributed by atoms with Crippen LogP contribution in [0.2, 0.25) is 0 Å². The van der Waals surface area contributed by atoms with Crippen molar-refractivity contribution in [1.29, 1.82) is 5.26 Å². The van der Waals surface area contributed by atoms with E-state index in [0.717, 1.165) is 16.3 Å². The number of hydrogen-bond donors (Lipinski definition) is 0. The third-order valence-electron chi connectivity index (χ3n) is 4.52. The van der Waals surface area contributed by atoms with Gasteiger partial charge < -0.3 is 4.74 Å². The fourth-order valence-corrected chi connectivity index (χ4v) is 3.15. The molecule has 28 heavy (non-hydrogen) atoms. The summed E-state index contributed by atoms with van der Waals surface area (Å²) in [6.07, 6.45) is 1.91. The lowest BCUT2D eigenvalue weighted by molar-refractivity contribution is -0.689. The molecular weight excluding hydrogens is 348 g/mol. The van der Waals surface area contributed by atoms with Crippen LogP contribution in [0.15, 0.2) is 91.1 Å². The molecule has 4 nitrogen and oxygen atoms in total. The molecule has 0 radical (unpaired) electrons. The van der Waals surface area contributed by atoms with E-state index in [1.165, 1.54) is 0 Å². The Bertz CT molecular complexity index is 1180. The number of esters is 1. The molecule has 0 N–H and O–H groups in total. The van der Waals surface area contributed by atoms with E-state index in [1.54, 1.807) is 24.3 Å². The zero-order chi connectivity index (χ0) is 19.3. The Hall–Kier alpha value is -3.97. The van der Waals surface area contributed by atoms with Crippen molar-refractivity contribution >= 4 is 16.7 Å². The van der Waals surface area contributed by atoms with Gasteiger partial charge in [-0.1, -0.05) is 48.5 Å². The summed E-state index contributed by atoms with van der Waals surface area (Å²) in [6.45, 7) is 0.559. The van der Waals surface area contributed by atoms with Crippen LogP contribution < -0.4 is 9.30 Å². The number of aromatic nitrogens is 1. The van der Waals surface area contributed by atoms with Crippen molar-refractivity contribution in [3.05, 3.63) is 108 Å². The molecule has 0 saturated carbocycles. The predicted octanol–water partition coefficient (Wildman–Crippen LogP) is 4.27. The minimum atomic E-state index is -0.433. The Morgan fingerprint density at radius 3 is 2.36 bits per heavy atom. The van der Waals surface area contributed by atoms with Crippen LogP contribution in [0.5, 0.6) is 5.75 Å². The number of fused-ring (bicyclic) bond motifs is 1. The maximum atomic E-state index is 13.1. The summed E-state index contributed by atoms with van der Waals surface area (Å²) in [5.41, 5.74) is 2.10. The molecular formula is C24H17N2O2+. The highest BCUT2D eigenvalue weighted by Crippen LogP contribution is 2.19. The molecule has 0 aliphatic heterocycles. The van der Waals surface area contributed by atoms with Crippen molar-refractivity contribution in [3.63, 3.8) is 0 Å². The van der Waals surface area contributed by atoms with Crippen molar-refractivity contribution in [3.8, 4) is 11.8 Å². The quantitative estimate of drug-likeness (QED) is 0.308. The van der Waals surface area contributed by atoms with Gasteiger partial charge in [-0.3, -0.25) is 0 Å². The van der Waals surface area contributed by atoms with Crippen LogP contribution in [0.4, 0.5) is 0 Å². The van der Waals surface area contributed by atoms with Crippen LogP contribution in [0, 0.1) is 11.3 Å². The van der Waals surface area contributed by atoms with E-state index in [1.807, 2.05) is 71.4 Å². The Labute approximate surface area is 162 Å². The number of pyridine rings is 1. The molecule has 4 heteroatoms. The SMILES string of the molecule is N#Cc1ccc(OC(=O)c2c3ccccc3cc[n+]2Cc2ccccc2)cc1. The Morgan fingerprint density at radius 2 is 1.61 bits per heavy atom. The van der Waals surface area contributed by atoms with E-state index >= 15 is 0 Å². The van der Waals surface area contributed by atoms with Crippen molar-refractivity contribution in [2.75, 3.05) is 0 Å². The minimum Gasteiger partial charge on any atom is -0.419 e. The number of nitriles is 1. The molecule has 0 bridgehead atoms. The zero-order valence-electron chi connectivity index (χ0n) is 15.1. The summed E-state index contributed by atoms with van der Waals surface area (Å²) in [7, 11) is 0. The standard InChI is InChI=1S/C24H17N2O2/c25-16-18-10-12-21(13-11-18)28-24(27)23-22-9-5-4-8-20(22)14-15-26(23)17-19-6-2-1-3-7-19/h1-15H,17H2/q+1. The third-order valence-corrected chi connectivity index (χ3v) is 4.52. The number of benzene rings is 3. The van der Waals surface area contributed by atoms with Gasteiger partial charge in [0.2, 0.25) is 0 Å².